The van der Waals surface area contributed by atoms with E-state index in [9.17, 15) is 9.90 Å². The zero-order valence-electron chi connectivity index (χ0n) is 16.8. The Morgan fingerprint density at radius 2 is 1.78 bits per heavy atom. The summed E-state index contributed by atoms with van der Waals surface area (Å²) < 4.78 is 6.50. The molecule has 1 spiro atoms. The van der Waals surface area contributed by atoms with Gasteiger partial charge in [-0.2, -0.15) is 0 Å². The zero-order valence-corrected chi connectivity index (χ0v) is 16.8. The van der Waals surface area contributed by atoms with E-state index in [2.05, 4.69) is 20.8 Å². The lowest BCUT2D eigenvalue weighted by molar-refractivity contribution is -0.207. The number of aliphatic hydroxyl groups is 2. The Kier molecular flexibility index (Phi) is 5.94. The number of carbonyl (C=O) groups is 1. The van der Waals surface area contributed by atoms with E-state index in [-0.39, 0.29) is 35.7 Å². The van der Waals surface area contributed by atoms with Gasteiger partial charge in [-0.05, 0) is 29.4 Å². The highest BCUT2D eigenvalue weighted by atomic mass is 16.5. The van der Waals surface area contributed by atoms with Gasteiger partial charge in [0.1, 0.15) is 0 Å². The molecule has 2 saturated heterocycles. The van der Waals surface area contributed by atoms with Gasteiger partial charge in [-0.1, -0.05) is 45.0 Å². The van der Waals surface area contributed by atoms with Crippen molar-refractivity contribution in [2.75, 3.05) is 13.1 Å². The summed E-state index contributed by atoms with van der Waals surface area (Å²) in [6, 6.07) is 7.53. The maximum atomic E-state index is 12.7. The summed E-state index contributed by atoms with van der Waals surface area (Å²) in [5.41, 5.74) is 1.53. The van der Waals surface area contributed by atoms with Crippen LogP contribution in [0.2, 0.25) is 0 Å². The number of ether oxygens (including phenoxy) is 1. The average Bonchev–Trinajstić information content (AvgIpc) is 2.61. The van der Waals surface area contributed by atoms with Gasteiger partial charge in [-0.3, -0.25) is 4.79 Å². The Balaban J connectivity index is 1.58. The van der Waals surface area contributed by atoms with Crippen LogP contribution >= 0.6 is 0 Å². The number of likely N-dealkylation sites (tertiary alicyclic amines) is 1. The maximum Gasteiger partial charge on any atom is 0.226 e. The van der Waals surface area contributed by atoms with Gasteiger partial charge in [-0.25, -0.2) is 0 Å². The van der Waals surface area contributed by atoms with Crippen LogP contribution in [-0.2, 0) is 22.6 Å². The summed E-state index contributed by atoms with van der Waals surface area (Å²) in [6.07, 6.45) is 3.04. The van der Waals surface area contributed by atoms with E-state index in [1.54, 1.807) is 0 Å². The van der Waals surface area contributed by atoms with Crippen LogP contribution in [0.15, 0.2) is 24.3 Å². The van der Waals surface area contributed by atoms with Gasteiger partial charge in [0.25, 0.3) is 0 Å². The predicted octanol–water partition coefficient (Wildman–Crippen LogP) is 2.67. The van der Waals surface area contributed by atoms with E-state index in [1.807, 2.05) is 29.2 Å². The number of aliphatic hydroxyl groups excluding tert-OH is 2. The second kappa shape index (κ2) is 7.90. The van der Waals surface area contributed by atoms with Crippen molar-refractivity contribution in [2.24, 2.45) is 5.41 Å². The molecule has 0 saturated carbocycles. The molecule has 0 aromatic heterocycles. The Hall–Kier alpha value is -1.43. The summed E-state index contributed by atoms with van der Waals surface area (Å²) in [5.74, 6) is 0.130. The number of rotatable bonds is 3. The molecule has 2 N–H and O–H groups in total. The molecule has 0 bridgehead atoms. The first-order chi connectivity index (χ1) is 12.7. The second-order valence-electron chi connectivity index (χ2n) is 9.28. The minimum absolute atomic E-state index is 0.00207. The third-order valence-corrected chi connectivity index (χ3v) is 6.04. The highest BCUT2D eigenvalue weighted by molar-refractivity contribution is 5.78. The van der Waals surface area contributed by atoms with Gasteiger partial charge >= 0.3 is 0 Å². The van der Waals surface area contributed by atoms with Crippen molar-refractivity contribution in [1.82, 2.24) is 4.90 Å². The molecule has 5 nitrogen and oxygen atoms in total. The van der Waals surface area contributed by atoms with Crippen LogP contribution in [0.25, 0.3) is 0 Å². The van der Waals surface area contributed by atoms with Crippen LogP contribution in [0.4, 0.5) is 0 Å². The molecule has 0 radical (unpaired) electrons. The third-order valence-electron chi connectivity index (χ3n) is 6.04. The molecule has 1 amide bonds. The van der Waals surface area contributed by atoms with Crippen molar-refractivity contribution in [3.05, 3.63) is 35.4 Å². The molecular formula is C22H33NO4. The number of carbonyl (C=O) groups excluding carboxylic acids is 1. The monoisotopic (exact) mass is 375 g/mol. The number of amides is 1. The van der Waals surface area contributed by atoms with Gasteiger partial charge in [0, 0.05) is 25.9 Å². The molecule has 27 heavy (non-hydrogen) atoms. The molecule has 2 fully saturated rings. The highest BCUT2D eigenvalue weighted by Gasteiger charge is 2.46. The van der Waals surface area contributed by atoms with Crippen LogP contribution in [0, 0.1) is 5.41 Å². The number of hydrogen-bond acceptors (Lipinski definition) is 4. The van der Waals surface area contributed by atoms with Gasteiger partial charge < -0.3 is 19.8 Å². The van der Waals surface area contributed by atoms with Crippen LogP contribution in [0.5, 0.6) is 0 Å². The Labute approximate surface area is 162 Å². The number of nitrogens with zero attached hydrogens (tertiary/aromatic N) is 1. The van der Waals surface area contributed by atoms with Crippen LogP contribution in [0.1, 0.15) is 57.6 Å². The van der Waals surface area contributed by atoms with Gasteiger partial charge in [-0.15, -0.1) is 0 Å². The third kappa shape index (κ3) is 4.89. The van der Waals surface area contributed by atoms with E-state index >= 15 is 0 Å². The molecule has 150 valence electrons. The summed E-state index contributed by atoms with van der Waals surface area (Å²) in [5, 5.41) is 19.5. The van der Waals surface area contributed by atoms with Gasteiger partial charge in [0.15, 0.2) is 0 Å². The van der Waals surface area contributed by atoms with Crippen molar-refractivity contribution in [1.29, 1.82) is 0 Å². The highest BCUT2D eigenvalue weighted by Crippen LogP contribution is 2.42. The maximum absolute atomic E-state index is 12.7. The molecule has 1 aromatic rings. The number of piperidine rings is 1. The Morgan fingerprint density at radius 3 is 2.33 bits per heavy atom. The second-order valence-corrected chi connectivity index (χ2v) is 9.28. The van der Waals surface area contributed by atoms with E-state index in [0.717, 1.165) is 24.0 Å². The summed E-state index contributed by atoms with van der Waals surface area (Å²) in [7, 11) is 0. The van der Waals surface area contributed by atoms with Crippen molar-refractivity contribution in [3.8, 4) is 0 Å². The molecule has 2 heterocycles. The fourth-order valence-electron chi connectivity index (χ4n) is 4.22. The van der Waals surface area contributed by atoms with Crippen molar-refractivity contribution in [2.45, 2.75) is 77.3 Å². The van der Waals surface area contributed by atoms with E-state index in [4.69, 9.17) is 9.84 Å². The summed E-state index contributed by atoms with van der Waals surface area (Å²) in [6.45, 7) is 7.84. The normalized spacial score (nSPS) is 25.6. The van der Waals surface area contributed by atoms with Crippen molar-refractivity contribution < 1.29 is 19.7 Å². The minimum Gasteiger partial charge on any atom is -0.393 e. The summed E-state index contributed by atoms with van der Waals surface area (Å²) in [4.78, 5) is 14.6. The molecular weight excluding hydrogens is 342 g/mol. The molecule has 2 aliphatic rings. The Bertz CT molecular complexity index is 641. The molecule has 0 aliphatic carbocycles. The first-order valence-electron chi connectivity index (χ1n) is 10.0. The summed E-state index contributed by atoms with van der Waals surface area (Å²) >= 11 is 0. The van der Waals surface area contributed by atoms with Gasteiger partial charge in [0.05, 0.1) is 30.8 Å². The van der Waals surface area contributed by atoms with E-state index in [0.29, 0.717) is 32.4 Å². The zero-order chi connectivity index (χ0) is 19.7. The van der Waals surface area contributed by atoms with Crippen LogP contribution in [0.3, 0.4) is 0 Å². The molecule has 5 heteroatoms. The fourth-order valence-corrected chi connectivity index (χ4v) is 4.22. The minimum atomic E-state index is -0.324. The number of hydrogen-bond donors (Lipinski definition) is 2. The first kappa shape index (κ1) is 20.3. The lowest BCUT2D eigenvalue weighted by Gasteiger charge is -2.50. The molecule has 0 unspecified atom stereocenters. The fraction of sp³-hybridized carbons (Fsp3) is 0.682. The molecule has 2 atom stereocenters. The predicted molar refractivity (Wildman–Crippen MR) is 104 cm³/mol. The molecule has 3 rings (SSSR count). The first-order valence-corrected chi connectivity index (χ1v) is 10.0. The van der Waals surface area contributed by atoms with Crippen LogP contribution in [-0.4, -0.2) is 51.9 Å². The van der Waals surface area contributed by atoms with Gasteiger partial charge in [0.2, 0.25) is 5.91 Å². The average molecular weight is 376 g/mol. The van der Waals surface area contributed by atoms with E-state index < -0.39 is 0 Å². The largest absolute Gasteiger partial charge is 0.393 e. The Morgan fingerprint density at radius 1 is 1.19 bits per heavy atom. The molecule has 2 aliphatic heterocycles. The molecule has 1 aromatic carbocycles. The standard InChI is InChI=1S/C22H33NO4/c1-21(2,3)19-13-18(25)14-22(27-19)8-10-23(11-9-22)20(26)12-16-4-6-17(15-24)7-5-16/h4-7,18-19,24-25H,8-15H2,1-3H3/t18-,19-/m1/s1. The van der Waals surface area contributed by atoms with E-state index in [1.165, 1.54) is 0 Å². The topological polar surface area (TPSA) is 70.0 Å². The van der Waals surface area contributed by atoms with Crippen molar-refractivity contribution >= 4 is 5.91 Å². The lowest BCUT2D eigenvalue weighted by atomic mass is 9.76. The number of benzene rings is 1. The van der Waals surface area contributed by atoms with Crippen LogP contribution < -0.4 is 0 Å². The quantitative estimate of drug-likeness (QED) is 0.852. The smallest absolute Gasteiger partial charge is 0.226 e. The lowest BCUT2D eigenvalue weighted by Crippen LogP contribution is -2.56. The SMILES string of the molecule is CC(C)(C)[C@H]1C[C@@H](O)CC2(CCN(C(=O)Cc3ccc(CO)cc3)CC2)O1. The van der Waals surface area contributed by atoms with Crippen molar-refractivity contribution in [3.63, 3.8) is 0 Å².